The summed E-state index contributed by atoms with van der Waals surface area (Å²) in [5.41, 5.74) is 12.3. The number of hydrogen-bond donors (Lipinski definition) is 2. The highest BCUT2D eigenvalue weighted by Gasteiger charge is 2.04. The number of pyridine rings is 1. The van der Waals surface area contributed by atoms with Crippen LogP contribution in [0.5, 0.6) is 0 Å². The molecule has 4 nitrogen and oxygen atoms in total. The van der Waals surface area contributed by atoms with E-state index in [9.17, 15) is 4.79 Å². The quantitative estimate of drug-likeness (QED) is 0.836. The minimum Gasteiger partial charge on any atom is -0.397 e. The highest BCUT2D eigenvalue weighted by molar-refractivity contribution is 9.10. The van der Waals surface area contributed by atoms with Crippen LogP contribution in [0.4, 0.5) is 11.4 Å². The smallest absolute Gasteiger partial charge is 0.278 e. The third kappa shape index (κ3) is 1.94. The topological polar surface area (TPSA) is 74.0 Å². The second-order valence-electron chi connectivity index (χ2n) is 3.38. The van der Waals surface area contributed by atoms with E-state index < -0.39 is 0 Å². The van der Waals surface area contributed by atoms with Crippen molar-refractivity contribution in [3.8, 4) is 5.69 Å². The Balaban J connectivity index is 2.64. The molecule has 5 heteroatoms. The fourth-order valence-electron chi connectivity index (χ4n) is 1.42. The summed E-state index contributed by atoms with van der Waals surface area (Å²) >= 11 is 3.33. The van der Waals surface area contributed by atoms with Crippen molar-refractivity contribution in [1.29, 1.82) is 0 Å². The van der Waals surface area contributed by atoms with Gasteiger partial charge in [-0.05, 0) is 30.3 Å². The number of halogens is 1. The molecule has 0 saturated carbocycles. The van der Waals surface area contributed by atoms with Crippen LogP contribution in [0.2, 0.25) is 0 Å². The molecule has 0 radical (unpaired) electrons. The molecule has 4 N–H and O–H groups in total. The van der Waals surface area contributed by atoms with Gasteiger partial charge < -0.3 is 11.5 Å². The zero-order chi connectivity index (χ0) is 11.7. The van der Waals surface area contributed by atoms with Gasteiger partial charge in [0.2, 0.25) is 0 Å². The second kappa shape index (κ2) is 4.02. The molecule has 0 aliphatic carbocycles. The van der Waals surface area contributed by atoms with Crippen LogP contribution in [-0.4, -0.2) is 4.57 Å². The van der Waals surface area contributed by atoms with Crippen molar-refractivity contribution in [3.63, 3.8) is 0 Å². The van der Waals surface area contributed by atoms with E-state index in [1.54, 1.807) is 6.20 Å². The summed E-state index contributed by atoms with van der Waals surface area (Å²) in [5.74, 6) is 0. The molecule has 0 fully saturated rings. The van der Waals surface area contributed by atoms with Crippen molar-refractivity contribution in [1.82, 2.24) is 4.57 Å². The molecule has 2 rings (SSSR count). The third-order valence-corrected chi connectivity index (χ3v) is 2.70. The molecule has 0 unspecified atom stereocenters. The van der Waals surface area contributed by atoms with Crippen LogP contribution in [0.15, 0.2) is 45.8 Å². The van der Waals surface area contributed by atoms with E-state index in [0.29, 0.717) is 5.69 Å². The molecule has 2 aromatic rings. The van der Waals surface area contributed by atoms with E-state index in [0.717, 1.165) is 10.2 Å². The van der Waals surface area contributed by atoms with E-state index in [2.05, 4.69) is 15.9 Å². The molecule has 0 bridgehead atoms. The van der Waals surface area contributed by atoms with E-state index >= 15 is 0 Å². The van der Waals surface area contributed by atoms with Crippen molar-refractivity contribution in [2.75, 3.05) is 11.5 Å². The maximum Gasteiger partial charge on any atom is 0.278 e. The summed E-state index contributed by atoms with van der Waals surface area (Å²) in [6.45, 7) is 0. The number of nitrogens with two attached hydrogens (primary N) is 2. The molecule has 82 valence electrons. The summed E-state index contributed by atoms with van der Waals surface area (Å²) in [7, 11) is 0. The molecule has 1 aromatic heterocycles. The lowest BCUT2D eigenvalue weighted by Gasteiger charge is -2.07. The minimum absolute atomic E-state index is 0.142. The molecule has 0 spiro atoms. The minimum atomic E-state index is -0.267. The van der Waals surface area contributed by atoms with Crippen LogP contribution in [-0.2, 0) is 0 Å². The Morgan fingerprint density at radius 3 is 2.38 bits per heavy atom. The molecular weight excluding hydrogens is 270 g/mol. The van der Waals surface area contributed by atoms with Crippen LogP contribution < -0.4 is 17.0 Å². The lowest BCUT2D eigenvalue weighted by molar-refractivity contribution is 0.997. The number of nitrogens with zero attached hydrogens (tertiary/aromatic N) is 1. The van der Waals surface area contributed by atoms with E-state index in [4.69, 9.17) is 11.5 Å². The van der Waals surface area contributed by atoms with Gasteiger partial charge in [-0.2, -0.15) is 0 Å². The Bertz CT molecular complexity index is 575. The van der Waals surface area contributed by atoms with Gasteiger partial charge in [0.1, 0.15) is 5.69 Å². The summed E-state index contributed by atoms with van der Waals surface area (Å²) in [6.07, 6.45) is 1.56. The first-order chi connectivity index (χ1) is 7.58. The fourth-order valence-corrected chi connectivity index (χ4v) is 1.68. The highest BCUT2D eigenvalue weighted by atomic mass is 79.9. The number of benzene rings is 1. The van der Waals surface area contributed by atoms with E-state index in [1.165, 1.54) is 10.6 Å². The standard InChI is InChI=1S/C11H10BrN3O/c12-7-1-3-9(4-2-7)15-6-8(13)5-10(14)11(15)16/h1-6H,13-14H2. The first-order valence-electron chi connectivity index (χ1n) is 4.61. The third-order valence-electron chi connectivity index (χ3n) is 2.17. The second-order valence-corrected chi connectivity index (χ2v) is 4.30. The molecule has 1 heterocycles. The van der Waals surface area contributed by atoms with Crippen molar-refractivity contribution in [2.45, 2.75) is 0 Å². The van der Waals surface area contributed by atoms with Crippen LogP contribution in [0, 0.1) is 0 Å². The Morgan fingerprint density at radius 2 is 1.75 bits per heavy atom. The Hall–Kier alpha value is -1.75. The summed E-state index contributed by atoms with van der Waals surface area (Å²) < 4.78 is 2.37. The van der Waals surface area contributed by atoms with Crippen LogP contribution in [0.25, 0.3) is 5.69 Å². The number of aromatic nitrogens is 1. The van der Waals surface area contributed by atoms with E-state index in [1.807, 2.05) is 24.3 Å². The lowest BCUT2D eigenvalue weighted by Crippen LogP contribution is -2.21. The first kappa shape index (κ1) is 10.8. The van der Waals surface area contributed by atoms with Crippen LogP contribution in [0.1, 0.15) is 0 Å². The van der Waals surface area contributed by atoms with Gasteiger partial charge in [0.15, 0.2) is 0 Å². The molecule has 0 atom stereocenters. The summed E-state index contributed by atoms with van der Waals surface area (Å²) in [4.78, 5) is 11.8. The fraction of sp³-hybridized carbons (Fsp3) is 0. The number of anilines is 2. The van der Waals surface area contributed by atoms with Gasteiger partial charge in [0.05, 0.1) is 5.69 Å². The zero-order valence-corrected chi connectivity index (χ0v) is 9.94. The van der Waals surface area contributed by atoms with Crippen LogP contribution in [0.3, 0.4) is 0 Å². The van der Waals surface area contributed by atoms with Crippen molar-refractivity contribution < 1.29 is 0 Å². The molecule has 1 aromatic carbocycles. The lowest BCUT2D eigenvalue weighted by atomic mass is 10.3. The Labute approximate surface area is 101 Å². The maximum atomic E-state index is 11.8. The summed E-state index contributed by atoms with van der Waals surface area (Å²) in [5, 5.41) is 0. The SMILES string of the molecule is Nc1cc(N)c(=O)n(-c2ccc(Br)cc2)c1. The average Bonchev–Trinajstić information content (AvgIpc) is 2.25. The molecule has 0 aliphatic heterocycles. The Kier molecular flexibility index (Phi) is 2.70. The molecule has 0 aliphatic rings. The van der Waals surface area contributed by atoms with Crippen molar-refractivity contribution in [2.24, 2.45) is 0 Å². The van der Waals surface area contributed by atoms with Gasteiger partial charge in [0.25, 0.3) is 5.56 Å². The first-order valence-corrected chi connectivity index (χ1v) is 5.41. The van der Waals surface area contributed by atoms with E-state index in [-0.39, 0.29) is 11.2 Å². The zero-order valence-electron chi connectivity index (χ0n) is 8.35. The average molecular weight is 280 g/mol. The van der Waals surface area contributed by atoms with Crippen molar-refractivity contribution in [3.05, 3.63) is 51.4 Å². The predicted molar refractivity (Wildman–Crippen MR) is 68.6 cm³/mol. The van der Waals surface area contributed by atoms with Gasteiger partial charge in [-0.3, -0.25) is 9.36 Å². The maximum absolute atomic E-state index is 11.8. The number of rotatable bonds is 1. The largest absolute Gasteiger partial charge is 0.397 e. The Morgan fingerprint density at radius 1 is 1.12 bits per heavy atom. The highest BCUT2D eigenvalue weighted by Crippen LogP contribution is 2.14. The molecule has 16 heavy (non-hydrogen) atoms. The normalized spacial score (nSPS) is 10.3. The molecule has 0 amide bonds. The summed E-state index contributed by atoms with van der Waals surface area (Å²) in [6, 6.07) is 8.77. The van der Waals surface area contributed by atoms with Gasteiger partial charge in [-0.25, -0.2) is 0 Å². The number of hydrogen-bond acceptors (Lipinski definition) is 3. The van der Waals surface area contributed by atoms with Gasteiger partial charge >= 0.3 is 0 Å². The van der Waals surface area contributed by atoms with Gasteiger partial charge in [0, 0.05) is 16.4 Å². The molecule has 0 saturated heterocycles. The molecular formula is C11H10BrN3O. The van der Waals surface area contributed by atoms with Gasteiger partial charge in [-0.15, -0.1) is 0 Å². The monoisotopic (exact) mass is 279 g/mol. The van der Waals surface area contributed by atoms with Crippen molar-refractivity contribution >= 4 is 27.3 Å². The van der Waals surface area contributed by atoms with Crippen LogP contribution >= 0.6 is 15.9 Å². The number of nitrogen functional groups attached to an aromatic ring is 2. The van der Waals surface area contributed by atoms with Gasteiger partial charge in [-0.1, -0.05) is 15.9 Å². The predicted octanol–water partition coefficient (Wildman–Crippen LogP) is 1.76.